The van der Waals surface area contributed by atoms with Gasteiger partial charge in [0.05, 0.1) is 15.6 Å². The standard InChI is InChI=1S/C32H40Cl2N2O/c1-32(2)21-26(17-19-37-32)28(16-18-35-22-23-10-13-27(14-11-23)36(3)4)31(24-8-6-5-7-9-24)25-12-15-29(33)30(34)20-25/h5-15,20,26,28,31,35H,16-19,21-22H2,1-4H3. The van der Waals surface area contributed by atoms with E-state index in [9.17, 15) is 0 Å². The fraction of sp³-hybridized carbons (Fsp3) is 0.438. The molecule has 3 unspecified atom stereocenters. The Morgan fingerprint density at radius 1 is 0.946 bits per heavy atom. The minimum absolute atomic E-state index is 0.109. The van der Waals surface area contributed by atoms with E-state index in [0.29, 0.717) is 21.9 Å². The van der Waals surface area contributed by atoms with Gasteiger partial charge in [-0.2, -0.15) is 0 Å². The zero-order valence-corrected chi connectivity index (χ0v) is 24.0. The first kappa shape index (κ1) is 28.0. The molecule has 1 saturated heterocycles. The highest BCUT2D eigenvalue weighted by molar-refractivity contribution is 6.42. The van der Waals surface area contributed by atoms with Crippen molar-refractivity contribution in [1.29, 1.82) is 0 Å². The maximum Gasteiger partial charge on any atom is 0.0629 e. The summed E-state index contributed by atoms with van der Waals surface area (Å²) in [5, 5.41) is 4.94. The van der Waals surface area contributed by atoms with Gasteiger partial charge in [-0.05, 0) is 92.4 Å². The molecule has 1 aliphatic rings. The Labute approximate surface area is 233 Å². The summed E-state index contributed by atoms with van der Waals surface area (Å²) >= 11 is 12.9. The van der Waals surface area contributed by atoms with Gasteiger partial charge >= 0.3 is 0 Å². The second-order valence-electron chi connectivity index (χ2n) is 11.1. The third kappa shape index (κ3) is 7.51. The summed E-state index contributed by atoms with van der Waals surface area (Å²) in [5.74, 6) is 1.21. The Balaban J connectivity index is 1.58. The topological polar surface area (TPSA) is 24.5 Å². The summed E-state index contributed by atoms with van der Waals surface area (Å²) in [6.07, 6.45) is 3.19. The Morgan fingerprint density at radius 2 is 1.68 bits per heavy atom. The van der Waals surface area contributed by atoms with Gasteiger partial charge in [0.25, 0.3) is 0 Å². The van der Waals surface area contributed by atoms with Crippen molar-refractivity contribution in [2.75, 3.05) is 32.1 Å². The molecule has 3 aromatic carbocycles. The lowest BCUT2D eigenvalue weighted by Gasteiger charge is -2.42. The van der Waals surface area contributed by atoms with Gasteiger partial charge in [-0.3, -0.25) is 0 Å². The first-order valence-electron chi connectivity index (χ1n) is 13.3. The highest BCUT2D eigenvalue weighted by Crippen LogP contribution is 2.45. The zero-order valence-electron chi connectivity index (χ0n) is 22.5. The van der Waals surface area contributed by atoms with E-state index in [1.807, 2.05) is 6.07 Å². The third-order valence-electron chi connectivity index (χ3n) is 7.67. The molecule has 1 heterocycles. The quantitative estimate of drug-likeness (QED) is 0.263. The first-order valence-corrected chi connectivity index (χ1v) is 14.1. The lowest BCUT2D eigenvalue weighted by atomic mass is 9.68. The largest absolute Gasteiger partial charge is 0.378 e. The maximum atomic E-state index is 6.54. The van der Waals surface area contributed by atoms with Crippen LogP contribution in [0.15, 0.2) is 72.8 Å². The van der Waals surface area contributed by atoms with Crippen LogP contribution in [0.4, 0.5) is 5.69 Å². The molecule has 0 saturated carbocycles. The molecule has 3 aromatic rings. The molecule has 0 spiro atoms. The summed E-state index contributed by atoms with van der Waals surface area (Å²) in [4.78, 5) is 2.13. The number of benzene rings is 3. The van der Waals surface area contributed by atoms with Gasteiger partial charge in [0.2, 0.25) is 0 Å². The van der Waals surface area contributed by atoms with E-state index in [2.05, 4.69) is 105 Å². The van der Waals surface area contributed by atoms with E-state index in [0.717, 1.165) is 39.0 Å². The van der Waals surface area contributed by atoms with Gasteiger partial charge < -0.3 is 15.0 Å². The monoisotopic (exact) mass is 538 g/mol. The van der Waals surface area contributed by atoms with Crippen LogP contribution >= 0.6 is 23.2 Å². The number of hydrogen-bond acceptors (Lipinski definition) is 3. The summed E-state index contributed by atoms with van der Waals surface area (Å²) in [7, 11) is 4.14. The van der Waals surface area contributed by atoms with E-state index in [-0.39, 0.29) is 11.5 Å². The van der Waals surface area contributed by atoms with Crippen LogP contribution < -0.4 is 10.2 Å². The zero-order chi connectivity index (χ0) is 26.4. The van der Waals surface area contributed by atoms with Crippen molar-refractivity contribution in [3.8, 4) is 0 Å². The Kier molecular flexibility index (Phi) is 9.58. The number of nitrogens with zero attached hydrogens (tertiary/aromatic N) is 1. The minimum atomic E-state index is -0.109. The molecule has 4 rings (SSSR count). The molecule has 0 amide bonds. The van der Waals surface area contributed by atoms with Crippen molar-refractivity contribution in [3.05, 3.63) is 99.5 Å². The van der Waals surface area contributed by atoms with Gasteiger partial charge in [-0.1, -0.05) is 71.7 Å². The molecule has 198 valence electrons. The number of halogens is 2. The Bertz CT molecular complexity index is 1130. The number of rotatable bonds is 10. The van der Waals surface area contributed by atoms with Gasteiger partial charge in [0, 0.05) is 38.9 Å². The summed E-state index contributed by atoms with van der Waals surface area (Å²) in [6.45, 7) is 7.07. The smallest absolute Gasteiger partial charge is 0.0629 e. The highest BCUT2D eigenvalue weighted by atomic mass is 35.5. The molecule has 1 fully saturated rings. The summed E-state index contributed by atoms with van der Waals surface area (Å²) < 4.78 is 6.12. The number of ether oxygens (including phenoxy) is 1. The lowest BCUT2D eigenvalue weighted by Crippen LogP contribution is -2.39. The van der Waals surface area contributed by atoms with E-state index in [4.69, 9.17) is 27.9 Å². The predicted molar refractivity (Wildman–Crippen MR) is 158 cm³/mol. The molecule has 0 aromatic heterocycles. The fourth-order valence-electron chi connectivity index (χ4n) is 5.79. The van der Waals surface area contributed by atoms with Crippen molar-refractivity contribution in [1.82, 2.24) is 5.32 Å². The second kappa shape index (κ2) is 12.7. The molecule has 1 aliphatic heterocycles. The summed E-state index contributed by atoms with van der Waals surface area (Å²) in [5.41, 5.74) is 4.97. The molecule has 0 aliphatic carbocycles. The molecular formula is C32H40Cl2N2O. The van der Waals surface area contributed by atoms with Crippen molar-refractivity contribution >= 4 is 28.9 Å². The van der Waals surface area contributed by atoms with Crippen LogP contribution in [0.1, 0.15) is 55.7 Å². The Morgan fingerprint density at radius 3 is 2.32 bits per heavy atom. The van der Waals surface area contributed by atoms with E-state index in [1.54, 1.807) is 0 Å². The maximum absolute atomic E-state index is 6.54. The molecular weight excluding hydrogens is 499 g/mol. The number of anilines is 1. The molecule has 0 bridgehead atoms. The average Bonchev–Trinajstić information content (AvgIpc) is 2.88. The van der Waals surface area contributed by atoms with E-state index >= 15 is 0 Å². The predicted octanol–water partition coefficient (Wildman–Crippen LogP) is 8.19. The summed E-state index contributed by atoms with van der Waals surface area (Å²) in [6, 6.07) is 25.8. The van der Waals surface area contributed by atoms with Gasteiger partial charge in [0.1, 0.15) is 0 Å². The minimum Gasteiger partial charge on any atom is -0.378 e. The highest BCUT2D eigenvalue weighted by Gasteiger charge is 2.38. The number of nitrogens with one attached hydrogen (secondary N) is 1. The fourth-order valence-corrected chi connectivity index (χ4v) is 6.09. The van der Waals surface area contributed by atoms with Gasteiger partial charge in [-0.25, -0.2) is 0 Å². The van der Waals surface area contributed by atoms with Crippen LogP contribution in [-0.4, -0.2) is 32.8 Å². The van der Waals surface area contributed by atoms with Gasteiger partial charge in [-0.15, -0.1) is 0 Å². The van der Waals surface area contributed by atoms with Crippen LogP contribution in [0, 0.1) is 11.8 Å². The first-order chi connectivity index (χ1) is 17.7. The van der Waals surface area contributed by atoms with Crippen molar-refractivity contribution < 1.29 is 4.74 Å². The normalized spacial score (nSPS) is 18.8. The van der Waals surface area contributed by atoms with E-state index in [1.165, 1.54) is 22.4 Å². The average molecular weight is 540 g/mol. The Hall–Kier alpha value is -2.04. The molecule has 3 nitrogen and oxygen atoms in total. The van der Waals surface area contributed by atoms with Crippen LogP contribution in [0.25, 0.3) is 0 Å². The van der Waals surface area contributed by atoms with Crippen molar-refractivity contribution in [2.45, 2.75) is 51.2 Å². The molecule has 5 heteroatoms. The van der Waals surface area contributed by atoms with Crippen LogP contribution in [0.3, 0.4) is 0 Å². The second-order valence-corrected chi connectivity index (χ2v) is 11.9. The van der Waals surface area contributed by atoms with Crippen LogP contribution in [0.5, 0.6) is 0 Å². The molecule has 1 N–H and O–H groups in total. The molecule has 3 atom stereocenters. The van der Waals surface area contributed by atoms with Crippen LogP contribution in [0.2, 0.25) is 10.0 Å². The SMILES string of the molecule is CN(C)c1ccc(CNCCC(C2CCOC(C)(C)C2)C(c2ccccc2)c2ccc(Cl)c(Cl)c2)cc1. The lowest BCUT2D eigenvalue weighted by molar-refractivity contribution is -0.0843. The molecule has 37 heavy (non-hydrogen) atoms. The van der Waals surface area contributed by atoms with Crippen LogP contribution in [-0.2, 0) is 11.3 Å². The third-order valence-corrected chi connectivity index (χ3v) is 8.41. The van der Waals surface area contributed by atoms with E-state index < -0.39 is 0 Å². The van der Waals surface area contributed by atoms with Crippen molar-refractivity contribution in [2.24, 2.45) is 11.8 Å². The molecule has 0 radical (unpaired) electrons. The number of hydrogen-bond donors (Lipinski definition) is 1. The van der Waals surface area contributed by atoms with Gasteiger partial charge in [0.15, 0.2) is 0 Å². The van der Waals surface area contributed by atoms with Crippen molar-refractivity contribution in [3.63, 3.8) is 0 Å².